The number of nitrogen functional groups attached to an aromatic ring is 1. The summed E-state index contributed by atoms with van der Waals surface area (Å²) >= 11 is 0. The molecule has 0 aliphatic heterocycles. The molecule has 0 heterocycles. The molecule has 3 rings (SSSR count). The first kappa shape index (κ1) is 10.2. The van der Waals surface area contributed by atoms with Crippen LogP contribution in [0.25, 0.3) is 11.1 Å². The van der Waals surface area contributed by atoms with Gasteiger partial charge in [0.15, 0.2) is 0 Å². The van der Waals surface area contributed by atoms with Crippen molar-refractivity contribution in [3.63, 3.8) is 0 Å². The number of hydrogen-bond acceptors (Lipinski definition) is 2. The molecule has 0 unspecified atom stereocenters. The molecule has 1 saturated carbocycles. The van der Waals surface area contributed by atoms with Gasteiger partial charge in [-0.15, -0.1) is 0 Å². The summed E-state index contributed by atoms with van der Waals surface area (Å²) in [7, 11) is 0. The van der Waals surface area contributed by atoms with Gasteiger partial charge in [-0.2, -0.15) is 0 Å². The third kappa shape index (κ3) is 2.41. The van der Waals surface area contributed by atoms with Gasteiger partial charge in [-0.05, 0) is 48.2 Å². The van der Waals surface area contributed by atoms with Gasteiger partial charge in [0.2, 0.25) is 0 Å². The predicted molar refractivity (Wildman–Crippen MR) is 69.9 cm³/mol. The number of benzene rings is 2. The Hall–Kier alpha value is -1.96. The minimum absolute atomic E-state index is 0.436. The van der Waals surface area contributed by atoms with E-state index in [1.807, 2.05) is 30.3 Å². The highest BCUT2D eigenvalue weighted by atomic mass is 16.5. The molecule has 0 spiro atoms. The van der Waals surface area contributed by atoms with Gasteiger partial charge >= 0.3 is 0 Å². The quantitative estimate of drug-likeness (QED) is 0.812. The van der Waals surface area contributed by atoms with Gasteiger partial charge < -0.3 is 10.5 Å². The predicted octanol–water partition coefficient (Wildman–Crippen LogP) is 3.48. The van der Waals surface area contributed by atoms with E-state index in [-0.39, 0.29) is 0 Å². The van der Waals surface area contributed by atoms with Crippen molar-refractivity contribution in [2.45, 2.75) is 18.9 Å². The molecule has 2 aromatic carbocycles. The molecule has 0 aromatic heterocycles. The number of anilines is 1. The van der Waals surface area contributed by atoms with Crippen molar-refractivity contribution in [2.75, 3.05) is 5.73 Å². The lowest BCUT2D eigenvalue weighted by atomic mass is 10.1. The minimum atomic E-state index is 0.436. The molecule has 2 N–H and O–H groups in total. The summed E-state index contributed by atoms with van der Waals surface area (Å²) in [6.07, 6.45) is 2.80. The first-order chi connectivity index (χ1) is 8.31. The molecule has 1 aliphatic carbocycles. The Balaban J connectivity index is 1.91. The zero-order valence-corrected chi connectivity index (χ0v) is 9.60. The van der Waals surface area contributed by atoms with Gasteiger partial charge in [0.1, 0.15) is 5.75 Å². The highest BCUT2D eigenvalue weighted by Crippen LogP contribution is 2.30. The fourth-order valence-corrected chi connectivity index (χ4v) is 1.85. The Labute approximate surface area is 101 Å². The Bertz CT molecular complexity index is 532. The van der Waals surface area contributed by atoms with E-state index in [0.29, 0.717) is 6.10 Å². The van der Waals surface area contributed by atoms with Crippen molar-refractivity contribution in [1.29, 1.82) is 0 Å². The molecular weight excluding hydrogens is 210 g/mol. The monoisotopic (exact) mass is 225 g/mol. The molecule has 0 amide bonds. The third-order valence-electron chi connectivity index (χ3n) is 2.88. The number of hydrogen-bond donors (Lipinski definition) is 1. The van der Waals surface area contributed by atoms with Crippen LogP contribution >= 0.6 is 0 Å². The third-order valence-corrected chi connectivity index (χ3v) is 2.88. The lowest BCUT2D eigenvalue weighted by Gasteiger charge is -2.07. The molecule has 0 atom stereocenters. The molecule has 17 heavy (non-hydrogen) atoms. The van der Waals surface area contributed by atoms with E-state index in [2.05, 4.69) is 18.2 Å². The maximum atomic E-state index is 5.79. The standard InChI is InChI=1S/C15H15NO/c16-13-5-1-3-11(9-13)12-4-2-6-15(10-12)17-14-7-8-14/h1-6,9-10,14H,7-8,16H2. The van der Waals surface area contributed by atoms with Crippen molar-refractivity contribution in [3.8, 4) is 16.9 Å². The van der Waals surface area contributed by atoms with Crippen LogP contribution in [-0.2, 0) is 0 Å². The van der Waals surface area contributed by atoms with Crippen molar-refractivity contribution in [3.05, 3.63) is 48.5 Å². The molecule has 1 fully saturated rings. The van der Waals surface area contributed by atoms with E-state index in [0.717, 1.165) is 22.6 Å². The topological polar surface area (TPSA) is 35.2 Å². The molecule has 0 bridgehead atoms. The minimum Gasteiger partial charge on any atom is -0.490 e. The van der Waals surface area contributed by atoms with Crippen LogP contribution in [0.5, 0.6) is 5.75 Å². The lowest BCUT2D eigenvalue weighted by molar-refractivity contribution is 0.303. The van der Waals surface area contributed by atoms with E-state index < -0.39 is 0 Å². The van der Waals surface area contributed by atoms with E-state index in [1.165, 1.54) is 12.8 Å². The van der Waals surface area contributed by atoms with Crippen LogP contribution in [0.3, 0.4) is 0 Å². The van der Waals surface area contributed by atoms with Crippen LogP contribution in [0.15, 0.2) is 48.5 Å². The Morgan fingerprint density at radius 3 is 2.35 bits per heavy atom. The second-order valence-corrected chi connectivity index (χ2v) is 4.47. The summed E-state index contributed by atoms with van der Waals surface area (Å²) < 4.78 is 5.79. The second kappa shape index (κ2) is 4.13. The Morgan fingerprint density at radius 2 is 1.65 bits per heavy atom. The van der Waals surface area contributed by atoms with Crippen LogP contribution in [0.1, 0.15) is 12.8 Å². The summed E-state index contributed by atoms with van der Waals surface area (Å²) in [5.41, 5.74) is 8.86. The van der Waals surface area contributed by atoms with Crippen LogP contribution in [0.4, 0.5) is 5.69 Å². The van der Waals surface area contributed by atoms with Crippen molar-refractivity contribution < 1.29 is 4.74 Å². The smallest absolute Gasteiger partial charge is 0.120 e. The highest BCUT2D eigenvalue weighted by molar-refractivity contribution is 5.68. The maximum Gasteiger partial charge on any atom is 0.120 e. The fourth-order valence-electron chi connectivity index (χ4n) is 1.85. The van der Waals surface area contributed by atoms with Gasteiger partial charge in [-0.3, -0.25) is 0 Å². The molecule has 0 saturated heterocycles. The first-order valence-electron chi connectivity index (χ1n) is 5.94. The normalized spacial score (nSPS) is 14.6. The number of nitrogens with two attached hydrogens (primary N) is 1. The van der Waals surface area contributed by atoms with Gasteiger partial charge in [-0.25, -0.2) is 0 Å². The number of rotatable bonds is 3. The molecular formula is C15H15NO. The molecule has 86 valence electrons. The Kier molecular flexibility index (Phi) is 2.48. The molecule has 2 heteroatoms. The second-order valence-electron chi connectivity index (χ2n) is 4.47. The van der Waals surface area contributed by atoms with Crippen molar-refractivity contribution >= 4 is 5.69 Å². The zero-order chi connectivity index (χ0) is 11.7. The van der Waals surface area contributed by atoms with E-state index in [4.69, 9.17) is 10.5 Å². The molecule has 1 aliphatic rings. The van der Waals surface area contributed by atoms with Gasteiger partial charge in [0.05, 0.1) is 6.10 Å². The Morgan fingerprint density at radius 1 is 0.941 bits per heavy atom. The van der Waals surface area contributed by atoms with Crippen LogP contribution < -0.4 is 10.5 Å². The lowest BCUT2D eigenvalue weighted by Crippen LogP contribution is -1.95. The summed E-state index contributed by atoms with van der Waals surface area (Å²) in [6, 6.07) is 16.1. The van der Waals surface area contributed by atoms with Gasteiger partial charge in [0, 0.05) is 5.69 Å². The average molecular weight is 225 g/mol. The maximum absolute atomic E-state index is 5.79. The van der Waals surface area contributed by atoms with E-state index in [1.54, 1.807) is 0 Å². The van der Waals surface area contributed by atoms with Gasteiger partial charge in [0.25, 0.3) is 0 Å². The SMILES string of the molecule is Nc1cccc(-c2cccc(OC3CC3)c2)c1. The van der Waals surface area contributed by atoms with Gasteiger partial charge in [-0.1, -0.05) is 24.3 Å². The number of ether oxygens (including phenoxy) is 1. The summed E-state index contributed by atoms with van der Waals surface area (Å²) in [4.78, 5) is 0. The summed E-state index contributed by atoms with van der Waals surface area (Å²) in [6.45, 7) is 0. The zero-order valence-electron chi connectivity index (χ0n) is 9.60. The van der Waals surface area contributed by atoms with E-state index in [9.17, 15) is 0 Å². The molecule has 2 aromatic rings. The molecule has 0 radical (unpaired) electrons. The average Bonchev–Trinajstić information content (AvgIpc) is 3.13. The largest absolute Gasteiger partial charge is 0.490 e. The van der Waals surface area contributed by atoms with Crippen molar-refractivity contribution in [2.24, 2.45) is 0 Å². The fraction of sp³-hybridized carbons (Fsp3) is 0.200. The first-order valence-corrected chi connectivity index (χ1v) is 5.94. The van der Waals surface area contributed by atoms with Crippen LogP contribution in [-0.4, -0.2) is 6.10 Å². The van der Waals surface area contributed by atoms with Crippen LogP contribution in [0.2, 0.25) is 0 Å². The van der Waals surface area contributed by atoms with Crippen LogP contribution in [0, 0.1) is 0 Å². The summed E-state index contributed by atoms with van der Waals surface area (Å²) in [5, 5.41) is 0. The van der Waals surface area contributed by atoms with Crippen molar-refractivity contribution in [1.82, 2.24) is 0 Å². The summed E-state index contributed by atoms with van der Waals surface area (Å²) in [5.74, 6) is 0.951. The highest BCUT2D eigenvalue weighted by Gasteiger charge is 2.23. The van der Waals surface area contributed by atoms with E-state index >= 15 is 0 Å². The molecule has 2 nitrogen and oxygen atoms in total.